The fraction of sp³-hybridized carbons (Fsp3) is 0.600. The van der Waals surface area contributed by atoms with E-state index in [1.807, 2.05) is 0 Å². The molecule has 6 heteroatoms. The number of esters is 1. The molecule has 0 amide bonds. The lowest BCUT2D eigenvalue weighted by Crippen LogP contribution is -2.35. The Labute approximate surface area is 93.2 Å². The molecule has 0 saturated heterocycles. The number of aliphatic hydroxyl groups excluding tert-OH is 2. The standard InChI is InChI=1S/C10H16O6/c1-2-10(5-11,6-12)7-16-9(15)4-3-8(13)14/h3-4,11-12H,2,5-7H2,1H3,(H,13,14). The molecule has 0 aromatic heterocycles. The molecule has 0 aliphatic heterocycles. The zero-order valence-corrected chi connectivity index (χ0v) is 9.05. The van der Waals surface area contributed by atoms with E-state index >= 15 is 0 Å². The number of ether oxygens (including phenoxy) is 1. The lowest BCUT2D eigenvalue weighted by molar-refractivity contribution is -0.144. The topological polar surface area (TPSA) is 104 Å². The van der Waals surface area contributed by atoms with Crippen LogP contribution in [-0.2, 0) is 14.3 Å². The number of carboxylic acids is 1. The molecule has 0 fully saturated rings. The van der Waals surface area contributed by atoms with Gasteiger partial charge < -0.3 is 20.1 Å². The molecule has 0 rings (SSSR count). The van der Waals surface area contributed by atoms with Crippen LogP contribution in [0.2, 0.25) is 0 Å². The van der Waals surface area contributed by atoms with Crippen LogP contribution in [0, 0.1) is 5.41 Å². The Morgan fingerprint density at radius 2 is 1.81 bits per heavy atom. The molecule has 0 saturated carbocycles. The van der Waals surface area contributed by atoms with Gasteiger partial charge in [0.2, 0.25) is 0 Å². The molecule has 0 heterocycles. The minimum atomic E-state index is -1.25. The van der Waals surface area contributed by atoms with E-state index in [9.17, 15) is 9.59 Å². The molecule has 0 aliphatic rings. The number of hydrogen-bond acceptors (Lipinski definition) is 5. The van der Waals surface area contributed by atoms with Crippen molar-refractivity contribution in [1.29, 1.82) is 0 Å². The number of carbonyl (C=O) groups excluding carboxylic acids is 1. The Bertz CT molecular complexity index is 258. The van der Waals surface area contributed by atoms with Gasteiger partial charge in [0.05, 0.1) is 18.6 Å². The summed E-state index contributed by atoms with van der Waals surface area (Å²) in [5.74, 6) is -2.06. The van der Waals surface area contributed by atoms with E-state index in [1.165, 1.54) is 0 Å². The summed E-state index contributed by atoms with van der Waals surface area (Å²) in [7, 11) is 0. The monoisotopic (exact) mass is 232 g/mol. The number of aliphatic carboxylic acids is 1. The summed E-state index contributed by atoms with van der Waals surface area (Å²) in [5, 5.41) is 26.3. The van der Waals surface area contributed by atoms with Crippen LogP contribution in [0.4, 0.5) is 0 Å². The van der Waals surface area contributed by atoms with Gasteiger partial charge in [-0.25, -0.2) is 9.59 Å². The van der Waals surface area contributed by atoms with Crippen molar-refractivity contribution in [3.05, 3.63) is 12.2 Å². The van der Waals surface area contributed by atoms with Crippen LogP contribution in [0.5, 0.6) is 0 Å². The van der Waals surface area contributed by atoms with Gasteiger partial charge in [0.25, 0.3) is 0 Å². The minimum absolute atomic E-state index is 0.153. The SMILES string of the molecule is CCC(CO)(CO)COC(=O)C=CC(=O)O. The zero-order chi connectivity index (χ0) is 12.6. The number of aliphatic hydroxyl groups is 2. The number of carbonyl (C=O) groups is 2. The smallest absolute Gasteiger partial charge is 0.331 e. The molecule has 92 valence electrons. The average molecular weight is 232 g/mol. The molecule has 0 unspecified atom stereocenters. The summed E-state index contributed by atoms with van der Waals surface area (Å²) in [4.78, 5) is 21.1. The second kappa shape index (κ2) is 6.97. The van der Waals surface area contributed by atoms with Crippen LogP contribution in [0.1, 0.15) is 13.3 Å². The van der Waals surface area contributed by atoms with E-state index in [0.29, 0.717) is 12.5 Å². The summed E-state index contributed by atoms with van der Waals surface area (Å²) in [5.41, 5.74) is -0.868. The van der Waals surface area contributed by atoms with Gasteiger partial charge in [0.15, 0.2) is 0 Å². The van der Waals surface area contributed by atoms with Gasteiger partial charge in [-0.05, 0) is 6.42 Å². The van der Waals surface area contributed by atoms with E-state index in [0.717, 1.165) is 6.08 Å². The fourth-order valence-electron chi connectivity index (χ4n) is 0.879. The maximum atomic E-state index is 11.0. The van der Waals surface area contributed by atoms with Gasteiger partial charge >= 0.3 is 11.9 Å². The van der Waals surface area contributed by atoms with Crippen LogP contribution in [0.3, 0.4) is 0 Å². The first-order valence-electron chi connectivity index (χ1n) is 4.79. The Morgan fingerprint density at radius 3 is 2.19 bits per heavy atom. The van der Waals surface area contributed by atoms with Crippen LogP contribution in [0.15, 0.2) is 12.2 Å². The van der Waals surface area contributed by atoms with E-state index in [2.05, 4.69) is 0 Å². The van der Waals surface area contributed by atoms with Crippen molar-refractivity contribution < 1.29 is 29.6 Å². The van der Waals surface area contributed by atoms with Gasteiger partial charge in [0.1, 0.15) is 6.61 Å². The lowest BCUT2D eigenvalue weighted by Gasteiger charge is -2.27. The quantitative estimate of drug-likeness (QED) is 0.406. The van der Waals surface area contributed by atoms with Crippen molar-refractivity contribution in [3.8, 4) is 0 Å². The Kier molecular flexibility index (Phi) is 6.36. The average Bonchev–Trinajstić information content (AvgIpc) is 2.29. The number of hydrogen-bond donors (Lipinski definition) is 3. The van der Waals surface area contributed by atoms with E-state index < -0.39 is 17.4 Å². The van der Waals surface area contributed by atoms with E-state index in [4.69, 9.17) is 20.1 Å². The largest absolute Gasteiger partial charge is 0.478 e. The summed E-state index contributed by atoms with van der Waals surface area (Å²) >= 11 is 0. The predicted octanol–water partition coefficient (Wildman–Crippen LogP) is -0.449. The molecule has 0 atom stereocenters. The van der Waals surface area contributed by atoms with Crippen molar-refractivity contribution in [3.63, 3.8) is 0 Å². The van der Waals surface area contributed by atoms with E-state index in [1.54, 1.807) is 6.92 Å². The molecule has 0 aromatic rings. The van der Waals surface area contributed by atoms with Gasteiger partial charge in [-0.3, -0.25) is 0 Å². The summed E-state index contributed by atoms with van der Waals surface area (Å²) in [6.07, 6.45) is 1.88. The van der Waals surface area contributed by atoms with Crippen molar-refractivity contribution in [2.45, 2.75) is 13.3 Å². The molecular formula is C10H16O6. The first-order valence-corrected chi connectivity index (χ1v) is 4.79. The lowest BCUT2D eigenvalue weighted by atomic mass is 9.88. The molecule has 3 N–H and O–H groups in total. The Balaban J connectivity index is 4.21. The van der Waals surface area contributed by atoms with Crippen molar-refractivity contribution in [2.24, 2.45) is 5.41 Å². The molecule has 0 radical (unpaired) electrons. The highest BCUT2D eigenvalue weighted by Gasteiger charge is 2.28. The third-order valence-corrected chi connectivity index (χ3v) is 2.30. The van der Waals surface area contributed by atoms with Gasteiger partial charge in [0, 0.05) is 12.2 Å². The van der Waals surface area contributed by atoms with Crippen molar-refractivity contribution in [1.82, 2.24) is 0 Å². The normalized spacial score (nSPS) is 11.7. The highest BCUT2D eigenvalue weighted by molar-refractivity contribution is 5.90. The van der Waals surface area contributed by atoms with Crippen molar-refractivity contribution in [2.75, 3.05) is 19.8 Å². The minimum Gasteiger partial charge on any atom is -0.478 e. The highest BCUT2D eigenvalue weighted by Crippen LogP contribution is 2.20. The zero-order valence-electron chi connectivity index (χ0n) is 9.05. The van der Waals surface area contributed by atoms with Gasteiger partial charge in [-0.15, -0.1) is 0 Å². The number of carboxylic acid groups (broad SMARTS) is 1. The third-order valence-electron chi connectivity index (χ3n) is 2.30. The summed E-state index contributed by atoms with van der Waals surface area (Å²) in [6, 6.07) is 0. The molecule has 0 aromatic carbocycles. The Morgan fingerprint density at radius 1 is 1.25 bits per heavy atom. The second-order valence-electron chi connectivity index (χ2n) is 3.45. The summed E-state index contributed by atoms with van der Waals surface area (Å²) in [6.45, 7) is 0.971. The molecule has 16 heavy (non-hydrogen) atoms. The molecule has 0 aliphatic carbocycles. The maximum absolute atomic E-state index is 11.0. The van der Waals surface area contributed by atoms with Crippen LogP contribution < -0.4 is 0 Å². The second-order valence-corrected chi connectivity index (χ2v) is 3.45. The predicted molar refractivity (Wildman–Crippen MR) is 54.6 cm³/mol. The first kappa shape index (κ1) is 14.6. The van der Waals surface area contributed by atoms with Gasteiger partial charge in [-0.1, -0.05) is 6.92 Å². The van der Waals surface area contributed by atoms with E-state index in [-0.39, 0.29) is 19.8 Å². The van der Waals surface area contributed by atoms with Crippen LogP contribution in [-0.4, -0.2) is 47.1 Å². The Hall–Kier alpha value is -1.40. The molecule has 0 bridgehead atoms. The van der Waals surface area contributed by atoms with Gasteiger partial charge in [-0.2, -0.15) is 0 Å². The third kappa shape index (κ3) is 4.90. The molecule has 6 nitrogen and oxygen atoms in total. The maximum Gasteiger partial charge on any atom is 0.331 e. The highest BCUT2D eigenvalue weighted by atomic mass is 16.5. The summed E-state index contributed by atoms with van der Waals surface area (Å²) < 4.78 is 4.72. The number of rotatable bonds is 7. The van der Waals surface area contributed by atoms with Crippen LogP contribution in [0.25, 0.3) is 0 Å². The molecule has 0 spiro atoms. The van der Waals surface area contributed by atoms with Crippen molar-refractivity contribution >= 4 is 11.9 Å². The first-order chi connectivity index (χ1) is 7.49. The van der Waals surface area contributed by atoms with Crippen LogP contribution >= 0.6 is 0 Å². The fourth-order valence-corrected chi connectivity index (χ4v) is 0.879. The molecular weight excluding hydrogens is 216 g/mol.